The van der Waals surface area contributed by atoms with Crippen LogP contribution in [0, 0.1) is 17.8 Å². The normalized spacial score (nSPS) is 19.6. The van der Waals surface area contributed by atoms with Gasteiger partial charge in [0.05, 0.1) is 10.6 Å². The van der Waals surface area contributed by atoms with Crippen LogP contribution >= 0.6 is 11.6 Å². The Morgan fingerprint density at radius 2 is 1.41 bits per heavy atom. The Balaban J connectivity index is 1.57. The van der Waals surface area contributed by atoms with Crippen LogP contribution in [0.1, 0.15) is 77.6 Å². The molecule has 2 aliphatic heterocycles. The van der Waals surface area contributed by atoms with Gasteiger partial charge in [0.15, 0.2) is 0 Å². The number of anilines is 1. The summed E-state index contributed by atoms with van der Waals surface area (Å²) in [4.78, 5) is 31.0. The number of alkyl halides is 3. The van der Waals surface area contributed by atoms with E-state index < -0.39 is 23.6 Å². The molecule has 1 aromatic carbocycles. The van der Waals surface area contributed by atoms with Crippen LogP contribution < -0.4 is 4.90 Å². The highest BCUT2D eigenvalue weighted by Crippen LogP contribution is 2.40. The molecule has 10 heteroatoms. The molecule has 2 heterocycles. The van der Waals surface area contributed by atoms with Gasteiger partial charge in [0.1, 0.15) is 0 Å². The van der Waals surface area contributed by atoms with Gasteiger partial charge in [0.25, 0.3) is 11.8 Å². The zero-order chi connectivity index (χ0) is 29.3. The second-order valence-electron chi connectivity index (χ2n) is 11.9. The second kappa shape index (κ2) is 12.2. The fraction of sp³-hybridized carbons (Fsp3) is 0.724. The summed E-state index contributed by atoms with van der Waals surface area (Å²) in [6.07, 6.45) is -1.88. The topological polar surface area (TPSA) is 64.1 Å². The largest absolute Gasteiger partial charge is 0.426 e. The van der Waals surface area contributed by atoms with Crippen molar-refractivity contribution in [3.63, 3.8) is 0 Å². The minimum absolute atomic E-state index is 0.0586. The lowest BCUT2D eigenvalue weighted by Crippen LogP contribution is -2.62. The molecule has 2 aliphatic rings. The maximum atomic E-state index is 13.6. The van der Waals surface area contributed by atoms with Crippen molar-refractivity contribution in [3.05, 3.63) is 28.8 Å². The highest BCUT2D eigenvalue weighted by atomic mass is 35.5. The lowest BCUT2D eigenvalue weighted by atomic mass is 9.78. The maximum absolute atomic E-state index is 13.6. The van der Waals surface area contributed by atoms with Gasteiger partial charge < -0.3 is 19.8 Å². The number of likely N-dealkylation sites (tertiary alicyclic amines) is 1. The van der Waals surface area contributed by atoms with E-state index in [1.165, 1.54) is 18.7 Å². The van der Waals surface area contributed by atoms with Gasteiger partial charge in [-0.05, 0) is 83.4 Å². The van der Waals surface area contributed by atoms with Gasteiger partial charge in [-0.3, -0.25) is 9.59 Å². The van der Waals surface area contributed by atoms with E-state index in [-0.39, 0.29) is 31.1 Å². The van der Waals surface area contributed by atoms with Crippen molar-refractivity contribution in [2.24, 2.45) is 17.8 Å². The van der Waals surface area contributed by atoms with Crippen LogP contribution in [-0.2, 0) is 4.79 Å². The zero-order valence-electron chi connectivity index (χ0n) is 23.9. The van der Waals surface area contributed by atoms with Gasteiger partial charge in [-0.15, -0.1) is 0 Å². The lowest BCUT2D eigenvalue weighted by Gasteiger charge is -2.43. The van der Waals surface area contributed by atoms with E-state index in [1.807, 2.05) is 44.7 Å². The summed E-state index contributed by atoms with van der Waals surface area (Å²) in [5, 5.41) is 10.7. The number of benzene rings is 1. The summed E-state index contributed by atoms with van der Waals surface area (Å²) in [6.45, 7) is 12.5. The van der Waals surface area contributed by atoms with Crippen LogP contribution in [0.15, 0.2) is 18.2 Å². The molecule has 1 unspecified atom stereocenters. The van der Waals surface area contributed by atoms with Gasteiger partial charge in [0.2, 0.25) is 5.60 Å². The van der Waals surface area contributed by atoms with E-state index in [2.05, 4.69) is 4.90 Å². The molecule has 1 atom stereocenters. The van der Waals surface area contributed by atoms with Crippen LogP contribution in [0.25, 0.3) is 0 Å². The number of carbonyl (C=O) groups is 2. The fourth-order valence-electron chi connectivity index (χ4n) is 6.22. The smallest absolute Gasteiger partial charge is 0.372 e. The van der Waals surface area contributed by atoms with Gasteiger partial charge in [0, 0.05) is 49.9 Å². The highest BCUT2D eigenvalue weighted by molar-refractivity contribution is 6.34. The first-order chi connectivity index (χ1) is 18.1. The average Bonchev–Trinajstić information content (AvgIpc) is 2.86. The van der Waals surface area contributed by atoms with Crippen molar-refractivity contribution in [1.82, 2.24) is 9.80 Å². The number of halogens is 4. The third-order valence-corrected chi connectivity index (χ3v) is 8.84. The standard InChI is InChI=1S/C29H43ClF3N3O3/c1-18(2)28(39,29(31,32)33)27(38)35-15-11-22(12-16-35)21-9-13-34(14-10-21)23-7-8-24(25(30)17-23)26(37)36(19(3)4)20(5)6/h7-8,17-22,39H,9-16H2,1-6H3. The summed E-state index contributed by atoms with van der Waals surface area (Å²) in [6, 6.07) is 5.72. The molecule has 2 amide bonds. The number of aliphatic hydroxyl groups is 1. The molecule has 0 saturated carbocycles. The van der Waals surface area contributed by atoms with Crippen LogP contribution in [0.5, 0.6) is 0 Å². The number of rotatable bonds is 7. The number of hydrogen-bond acceptors (Lipinski definition) is 4. The summed E-state index contributed by atoms with van der Waals surface area (Å²) in [7, 11) is 0. The van der Waals surface area contributed by atoms with Crippen molar-refractivity contribution in [2.45, 2.75) is 91.1 Å². The first kappa shape index (κ1) is 31.5. The van der Waals surface area contributed by atoms with E-state index in [0.717, 1.165) is 31.6 Å². The van der Waals surface area contributed by atoms with Crippen molar-refractivity contribution in [1.29, 1.82) is 0 Å². The predicted molar refractivity (Wildman–Crippen MR) is 148 cm³/mol. The number of piperidine rings is 2. The lowest BCUT2D eigenvalue weighted by molar-refractivity contribution is -0.270. The van der Waals surface area contributed by atoms with E-state index >= 15 is 0 Å². The molecule has 3 rings (SSSR count). The molecule has 0 spiro atoms. The molecule has 220 valence electrons. The number of carbonyl (C=O) groups excluding carboxylic acids is 2. The van der Waals surface area contributed by atoms with Crippen LogP contribution in [0.3, 0.4) is 0 Å². The number of nitrogens with zero attached hydrogens (tertiary/aromatic N) is 3. The quantitative estimate of drug-likeness (QED) is 0.434. The van der Waals surface area contributed by atoms with Crippen LogP contribution in [0.2, 0.25) is 5.02 Å². The van der Waals surface area contributed by atoms with E-state index in [0.29, 0.717) is 35.3 Å². The van der Waals surface area contributed by atoms with Crippen molar-refractivity contribution in [3.8, 4) is 0 Å². The molecule has 0 radical (unpaired) electrons. The fourth-order valence-corrected chi connectivity index (χ4v) is 6.47. The Labute approximate surface area is 235 Å². The Morgan fingerprint density at radius 3 is 1.82 bits per heavy atom. The van der Waals surface area contributed by atoms with Crippen molar-refractivity contribution < 1.29 is 27.9 Å². The SMILES string of the molecule is CC(C)N(C(=O)c1ccc(N2CCC(C3CCN(C(=O)C(O)(C(C)C)C(F)(F)F)CC3)CC2)cc1Cl)C(C)C. The minimum Gasteiger partial charge on any atom is -0.372 e. The van der Waals surface area contributed by atoms with Gasteiger partial charge in [-0.2, -0.15) is 13.2 Å². The monoisotopic (exact) mass is 573 g/mol. The van der Waals surface area contributed by atoms with Crippen molar-refractivity contribution >= 4 is 29.1 Å². The Kier molecular flexibility index (Phi) is 9.90. The number of amides is 2. The van der Waals surface area contributed by atoms with E-state index in [4.69, 9.17) is 11.6 Å². The van der Waals surface area contributed by atoms with Gasteiger partial charge in [-0.1, -0.05) is 25.4 Å². The first-order valence-corrected chi connectivity index (χ1v) is 14.4. The van der Waals surface area contributed by atoms with Gasteiger partial charge in [-0.25, -0.2) is 0 Å². The summed E-state index contributed by atoms with van der Waals surface area (Å²) in [5.41, 5.74) is -1.89. The van der Waals surface area contributed by atoms with Crippen LogP contribution in [-0.4, -0.2) is 76.8 Å². The third-order valence-electron chi connectivity index (χ3n) is 8.52. The Morgan fingerprint density at radius 1 is 0.923 bits per heavy atom. The van der Waals surface area contributed by atoms with Crippen molar-refractivity contribution in [2.75, 3.05) is 31.1 Å². The molecule has 2 saturated heterocycles. The maximum Gasteiger partial charge on any atom is 0.426 e. The molecule has 0 aliphatic carbocycles. The first-order valence-electron chi connectivity index (χ1n) is 14.0. The van der Waals surface area contributed by atoms with E-state index in [9.17, 15) is 27.9 Å². The summed E-state index contributed by atoms with van der Waals surface area (Å²) >= 11 is 6.57. The summed E-state index contributed by atoms with van der Waals surface area (Å²) in [5.74, 6) is -1.83. The molecule has 0 aromatic heterocycles. The second-order valence-corrected chi connectivity index (χ2v) is 12.3. The molecule has 0 bridgehead atoms. The molecular weight excluding hydrogens is 531 g/mol. The number of hydrogen-bond donors (Lipinski definition) is 1. The minimum atomic E-state index is -5.02. The Hall–Kier alpha value is -2.00. The third kappa shape index (κ3) is 6.50. The molecule has 1 aromatic rings. The Bertz CT molecular complexity index is 1010. The molecule has 39 heavy (non-hydrogen) atoms. The molecular formula is C29H43ClF3N3O3. The van der Waals surface area contributed by atoms with Gasteiger partial charge >= 0.3 is 6.18 Å². The van der Waals surface area contributed by atoms with E-state index in [1.54, 1.807) is 6.07 Å². The highest BCUT2D eigenvalue weighted by Gasteiger charge is 2.62. The zero-order valence-corrected chi connectivity index (χ0v) is 24.6. The molecule has 6 nitrogen and oxygen atoms in total. The van der Waals surface area contributed by atoms with Crippen LogP contribution in [0.4, 0.5) is 18.9 Å². The summed E-state index contributed by atoms with van der Waals surface area (Å²) < 4.78 is 40.7. The molecule has 1 N–H and O–H groups in total. The average molecular weight is 574 g/mol. The molecule has 2 fully saturated rings. The predicted octanol–water partition coefficient (Wildman–Crippen LogP) is 6.00.